The van der Waals surface area contributed by atoms with Crippen LogP contribution in [0.5, 0.6) is 0 Å². The number of aliphatic hydroxyl groups excluding tert-OH is 1. The van der Waals surface area contributed by atoms with Crippen molar-refractivity contribution in [3.63, 3.8) is 0 Å². The molecule has 0 rings (SSSR count). The van der Waals surface area contributed by atoms with E-state index in [4.69, 9.17) is 23.3 Å². The number of allylic oxidation sites excluding steroid dienone is 6. The van der Waals surface area contributed by atoms with Crippen LogP contribution in [-0.2, 0) is 42.2 Å². The third-order valence-electron chi connectivity index (χ3n) is 13.1. The second-order valence-electron chi connectivity index (χ2n) is 20.1. The molecule has 0 heterocycles. The molecule has 0 saturated carbocycles. The van der Waals surface area contributed by atoms with Crippen LogP contribution in [0.2, 0.25) is 0 Å². The first-order valence-electron chi connectivity index (χ1n) is 29.9. The first kappa shape index (κ1) is 69.7. The summed E-state index contributed by atoms with van der Waals surface area (Å²) in [5.41, 5.74) is 0. The van der Waals surface area contributed by atoms with Crippen molar-refractivity contribution in [1.29, 1.82) is 0 Å². The molecule has 72 heavy (non-hydrogen) atoms. The van der Waals surface area contributed by atoms with E-state index in [0.717, 1.165) is 89.9 Å². The SMILES string of the molecule is CC/C=C\C/C=C\C/C=C\CCCCCCCCCC(=O)OCC(COP(=O)(O)OCC(CO)OC(=O)CCCCCCCCCCC)OC(=O)CCCCCCCCCCCCCCCCCCCCC. The number of aliphatic hydroxyl groups is 1. The van der Waals surface area contributed by atoms with E-state index >= 15 is 0 Å². The van der Waals surface area contributed by atoms with E-state index < -0.39 is 57.8 Å². The molecule has 2 N–H and O–H groups in total. The average Bonchev–Trinajstić information content (AvgIpc) is 3.37. The summed E-state index contributed by atoms with van der Waals surface area (Å²) in [7, 11) is -4.74. The summed E-state index contributed by atoms with van der Waals surface area (Å²) in [5, 5.41) is 9.78. The van der Waals surface area contributed by atoms with Gasteiger partial charge < -0.3 is 24.2 Å². The van der Waals surface area contributed by atoms with Crippen LogP contribution in [0.25, 0.3) is 0 Å². The number of carbonyl (C=O) groups excluding carboxylic acids is 3. The molecule has 0 aliphatic heterocycles. The molecule has 0 amide bonds. The minimum Gasteiger partial charge on any atom is -0.462 e. The number of phosphoric acid groups is 1. The Hall–Kier alpha value is -2.30. The van der Waals surface area contributed by atoms with Crippen LogP contribution in [0.4, 0.5) is 0 Å². The van der Waals surface area contributed by atoms with Gasteiger partial charge in [-0.1, -0.05) is 256 Å². The van der Waals surface area contributed by atoms with Crippen LogP contribution in [0.15, 0.2) is 36.5 Å². The molecule has 0 aromatic rings. The van der Waals surface area contributed by atoms with Crippen LogP contribution < -0.4 is 0 Å². The van der Waals surface area contributed by atoms with E-state index in [1.54, 1.807) is 0 Å². The molecule has 0 spiro atoms. The summed E-state index contributed by atoms with van der Waals surface area (Å²) in [5.74, 6) is -1.45. The highest BCUT2D eigenvalue weighted by molar-refractivity contribution is 7.47. The maximum atomic E-state index is 12.9. The highest BCUT2D eigenvalue weighted by Gasteiger charge is 2.28. The summed E-state index contributed by atoms with van der Waals surface area (Å²) in [6, 6.07) is 0. The minimum absolute atomic E-state index is 0.172. The molecule has 0 aliphatic rings. The van der Waals surface area contributed by atoms with E-state index in [1.807, 2.05) is 0 Å². The third-order valence-corrected chi connectivity index (χ3v) is 14.0. The van der Waals surface area contributed by atoms with E-state index in [9.17, 15) is 28.9 Å². The van der Waals surface area contributed by atoms with Crippen molar-refractivity contribution in [2.75, 3.05) is 26.4 Å². The van der Waals surface area contributed by atoms with Gasteiger partial charge >= 0.3 is 25.7 Å². The van der Waals surface area contributed by atoms with Crippen molar-refractivity contribution in [2.45, 2.75) is 303 Å². The van der Waals surface area contributed by atoms with Gasteiger partial charge in [-0.2, -0.15) is 0 Å². The summed E-state index contributed by atoms with van der Waals surface area (Å²) < 4.78 is 39.5. The second-order valence-corrected chi connectivity index (χ2v) is 21.6. The van der Waals surface area contributed by atoms with E-state index in [-0.39, 0.29) is 25.9 Å². The number of phosphoric ester groups is 1. The van der Waals surface area contributed by atoms with Gasteiger partial charge in [-0.05, 0) is 51.4 Å². The molecule has 0 bridgehead atoms. The van der Waals surface area contributed by atoms with Crippen molar-refractivity contribution < 1.29 is 52.2 Å². The van der Waals surface area contributed by atoms with Crippen molar-refractivity contribution in [1.82, 2.24) is 0 Å². The molecular formula is C60H111O11P. The Labute approximate surface area is 441 Å². The van der Waals surface area contributed by atoms with Gasteiger partial charge in [-0.15, -0.1) is 0 Å². The molecule has 0 aliphatic carbocycles. The Kier molecular flexibility index (Phi) is 53.2. The zero-order valence-corrected chi connectivity index (χ0v) is 47.6. The molecule has 0 aromatic heterocycles. The Morgan fingerprint density at radius 1 is 0.403 bits per heavy atom. The predicted molar refractivity (Wildman–Crippen MR) is 298 cm³/mol. The molecule has 12 heteroatoms. The van der Waals surface area contributed by atoms with E-state index in [1.165, 1.54) is 141 Å². The minimum atomic E-state index is -4.74. The van der Waals surface area contributed by atoms with E-state index in [2.05, 4.69) is 57.2 Å². The fourth-order valence-corrected chi connectivity index (χ4v) is 9.33. The van der Waals surface area contributed by atoms with Crippen LogP contribution in [-0.4, -0.2) is 66.5 Å². The number of esters is 3. The molecule has 0 fully saturated rings. The quantitative estimate of drug-likeness (QED) is 0.0197. The van der Waals surface area contributed by atoms with Crippen LogP contribution in [0.3, 0.4) is 0 Å². The van der Waals surface area contributed by atoms with E-state index in [0.29, 0.717) is 19.3 Å². The lowest BCUT2D eigenvalue weighted by Crippen LogP contribution is -2.30. The van der Waals surface area contributed by atoms with Gasteiger partial charge in [0.15, 0.2) is 6.10 Å². The molecule has 422 valence electrons. The van der Waals surface area contributed by atoms with Crippen molar-refractivity contribution in [3.8, 4) is 0 Å². The van der Waals surface area contributed by atoms with Gasteiger partial charge in [0.1, 0.15) is 12.7 Å². The fourth-order valence-electron chi connectivity index (χ4n) is 8.55. The maximum Gasteiger partial charge on any atom is 0.472 e. The summed E-state index contributed by atoms with van der Waals surface area (Å²) in [6.07, 6.45) is 56.8. The van der Waals surface area contributed by atoms with Crippen LogP contribution in [0, 0.1) is 0 Å². The van der Waals surface area contributed by atoms with Crippen molar-refractivity contribution in [3.05, 3.63) is 36.5 Å². The lowest BCUT2D eigenvalue weighted by molar-refractivity contribution is -0.161. The lowest BCUT2D eigenvalue weighted by atomic mass is 10.0. The molecule has 3 unspecified atom stereocenters. The predicted octanol–water partition coefficient (Wildman–Crippen LogP) is 17.6. The summed E-state index contributed by atoms with van der Waals surface area (Å²) in [4.78, 5) is 48.5. The van der Waals surface area contributed by atoms with Crippen LogP contribution in [0.1, 0.15) is 290 Å². The van der Waals surface area contributed by atoms with Gasteiger partial charge in [-0.3, -0.25) is 23.4 Å². The number of hydrogen-bond donors (Lipinski definition) is 2. The fraction of sp³-hybridized carbons (Fsp3) is 0.850. The Morgan fingerprint density at radius 2 is 0.722 bits per heavy atom. The Balaban J connectivity index is 4.67. The second kappa shape index (κ2) is 54.9. The Bertz CT molecular complexity index is 1350. The molecule has 0 aromatic carbocycles. The molecule has 0 saturated heterocycles. The van der Waals surface area contributed by atoms with Gasteiger partial charge in [0.25, 0.3) is 0 Å². The third kappa shape index (κ3) is 52.6. The first-order valence-corrected chi connectivity index (χ1v) is 31.4. The standard InChI is InChI=1S/C60H111O11P/c1-4-7-10-13-16-19-21-23-25-27-28-30-32-34-36-39-42-45-48-51-60(64)71-57(53-67-58(62)49-46-43-40-38-35-33-31-29-26-24-22-20-17-14-11-8-5-2)55-69-72(65,66)68-54-56(52-61)70-59(63)50-47-44-41-37-18-15-12-9-6-3/h8,11,17,20,24,26,56-57,61H,4-7,9-10,12-16,18-19,21-23,25,27-55H2,1-3H3,(H,65,66)/b11-8-,20-17-,26-24-. The summed E-state index contributed by atoms with van der Waals surface area (Å²) in [6.45, 7) is 4.55. The number of ether oxygens (including phenoxy) is 3. The average molecular weight is 1040 g/mol. The highest BCUT2D eigenvalue weighted by Crippen LogP contribution is 2.43. The van der Waals surface area contributed by atoms with Crippen LogP contribution >= 0.6 is 7.82 Å². The van der Waals surface area contributed by atoms with Gasteiger partial charge in [0, 0.05) is 19.3 Å². The zero-order valence-electron chi connectivity index (χ0n) is 46.7. The largest absolute Gasteiger partial charge is 0.472 e. The van der Waals surface area contributed by atoms with Gasteiger partial charge in [0.2, 0.25) is 0 Å². The smallest absolute Gasteiger partial charge is 0.462 e. The molecule has 11 nitrogen and oxygen atoms in total. The van der Waals surface area contributed by atoms with Gasteiger partial charge in [-0.25, -0.2) is 4.57 Å². The topological polar surface area (TPSA) is 155 Å². The van der Waals surface area contributed by atoms with Crippen molar-refractivity contribution >= 4 is 25.7 Å². The molecular weight excluding hydrogens is 928 g/mol. The first-order chi connectivity index (χ1) is 35.2. The van der Waals surface area contributed by atoms with Crippen molar-refractivity contribution in [2.24, 2.45) is 0 Å². The molecule has 0 radical (unpaired) electrons. The highest BCUT2D eigenvalue weighted by atomic mass is 31.2. The zero-order chi connectivity index (χ0) is 52.7. The maximum absolute atomic E-state index is 12.9. The number of hydrogen-bond acceptors (Lipinski definition) is 10. The van der Waals surface area contributed by atoms with Gasteiger partial charge in [0.05, 0.1) is 19.8 Å². The molecule has 3 atom stereocenters. The lowest BCUT2D eigenvalue weighted by Gasteiger charge is -2.21. The normalized spacial score (nSPS) is 13.6. The number of carbonyl (C=O) groups is 3. The summed E-state index contributed by atoms with van der Waals surface area (Å²) >= 11 is 0. The monoisotopic (exact) mass is 1040 g/mol. The number of unbranched alkanes of at least 4 members (excludes halogenated alkanes) is 33. The number of rotatable bonds is 56. The Morgan fingerprint density at radius 3 is 1.11 bits per heavy atom.